The van der Waals surface area contributed by atoms with Crippen LogP contribution in [-0.4, -0.2) is 36.0 Å². The molecule has 0 N–H and O–H groups in total. The minimum atomic E-state index is 0.136. The summed E-state index contributed by atoms with van der Waals surface area (Å²) in [6.07, 6.45) is 4.73. The molecule has 1 aliphatic carbocycles. The number of piperidine rings is 1. The van der Waals surface area contributed by atoms with E-state index in [1.807, 2.05) is 6.07 Å². The molecule has 3 aliphatic rings. The zero-order chi connectivity index (χ0) is 18.2. The third-order valence-electron chi connectivity index (χ3n) is 6.33. The highest BCUT2D eigenvalue weighted by molar-refractivity contribution is 6.03. The Hall–Kier alpha value is -2.23. The fourth-order valence-electron chi connectivity index (χ4n) is 4.96. The summed E-state index contributed by atoms with van der Waals surface area (Å²) >= 11 is 0. The van der Waals surface area contributed by atoms with E-state index in [1.54, 1.807) is 0 Å². The van der Waals surface area contributed by atoms with Gasteiger partial charge in [-0.3, -0.25) is 9.69 Å². The number of hydrogen-bond donors (Lipinski definition) is 0. The predicted molar refractivity (Wildman–Crippen MR) is 106 cm³/mol. The van der Waals surface area contributed by atoms with Gasteiger partial charge in [-0.25, -0.2) is 0 Å². The fourth-order valence-corrected chi connectivity index (χ4v) is 4.96. The summed E-state index contributed by atoms with van der Waals surface area (Å²) in [5.74, 6) is 0.499. The van der Waals surface area contributed by atoms with E-state index in [-0.39, 0.29) is 5.92 Å². The first-order chi connectivity index (χ1) is 13.3. The molecule has 2 aliphatic heterocycles. The van der Waals surface area contributed by atoms with Crippen LogP contribution in [0, 0.1) is 5.92 Å². The number of fused-ring (bicyclic) bond motifs is 3. The molecular weight excluding hydrogens is 334 g/mol. The van der Waals surface area contributed by atoms with E-state index in [9.17, 15) is 4.79 Å². The Labute approximate surface area is 160 Å². The highest BCUT2D eigenvalue weighted by atomic mass is 16.5. The summed E-state index contributed by atoms with van der Waals surface area (Å²) in [5, 5.41) is 0. The van der Waals surface area contributed by atoms with E-state index < -0.39 is 0 Å². The van der Waals surface area contributed by atoms with E-state index in [2.05, 4.69) is 59.5 Å². The van der Waals surface area contributed by atoms with Gasteiger partial charge in [-0.1, -0.05) is 54.6 Å². The summed E-state index contributed by atoms with van der Waals surface area (Å²) in [4.78, 5) is 15.8. The van der Waals surface area contributed by atoms with Gasteiger partial charge in [0, 0.05) is 36.5 Å². The minimum Gasteiger partial charge on any atom is -0.378 e. The van der Waals surface area contributed by atoms with Crippen LogP contribution < -0.4 is 0 Å². The van der Waals surface area contributed by atoms with Crippen LogP contribution in [-0.2, 0) is 22.5 Å². The molecule has 2 saturated heterocycles. The Balaban J connectivity index is 1.31. The molecule has 5 rings (SSSR count). The SMILES string of the molecule is O=C(C1=Cc2ccccc2C1)C1CC2COCC(C1)N2Cc1ccccc1. The molecule has 2 aromatic rings. The normalized spacial score (nSPS) is 27.1. The van der Waals surface area contributed by atoms with E-state index >= 15 is 0 Å². The largest absolute Gasteiger partial charge is 0.378 e. The van der Waals surface area contributed by atoms with Crippen molar-refractivity contribution in [2.75, 3.05) is 13.2 Å². The molecule has 138 valence electrons. The zero-order valence-corrected chi connectivity index (χ0v) is 15.5. The molecule has 2 aromatic carbocycles. The Morgan fingerprint density at radius 2 is 1.67 bits per heavy atom. The van der Waals surface area contributed by atoms with E-state index in [1.165, 1.54) is 16.7 Å². The van der Waals surface area contributed by atoms with Gasteiger partial charge in [0.05, 0.1) is 13.2 Å². The summed E-state index contributed by atoms with van der Waals surface area (Å²) in [7, 11) is 0. The van der Waals surface area contributed by atoms with Crippen molar-refractivity contribution in [1.29, 1.82) is 0 Å². The highest BCUT2D eigenvalue weighted by Crippen LogP contribution is 2.36. The molecule has 0 radical (unpaired) electrons. The van der Waals surface area contributed by atoms with Crippen molar-refractivity contribution in [3.05, 3.63) is 76.9 Å². The Kier molecular flexibility index (Phi) is 4.42. The predicted octanol–water partition coefficient (Wildman–Crippen LogP) is 3.87. The standard InChI is InChI=1S/C24H25NO2/c26-24(20-10-18-8-4-5-9-19(18)11-20)21-12-22-15-27-16-23(13-21)25(22)14-17-6-2-1-3-7-17/h1-10,21-23H,11-16H2. The zero-order valence-electron chi connectivity index (χ0n) is 15.5. The molecule has 2 fully saturated rings. The van der Waals surface area contributed by atoms with Crippen LogP contribution in [0.1, 0.15) is 29.5 Å². The molecule has 3 heteroatoms. The minimum absolute atomic E-state index is 0.136. The van der Waals surface area contributed by atoms with Crippen molar-refractivity contribution in [2.24, 2.45) is 5.92 Å². The van der Waals surface area contributed by atoms with Gasteiger partial charge in [0.2, 0.25) is 0 Å². The van der Waals surface area contributed by atoms with Crippen molar-refractivity contribution >= 4 is 11.9 Å². The smallest absolute Gasteiger partial charge is 0.162 e. The monoisotopic (exact) mass is 359 g/mol. The number of morpholine rings is 1. The van der Waals surface area contributed by atoms with Gasteiger partial charge >= 0.3 is 0 Å². The second-order valence-electron chi connectivity index (χ2n) is 8.08. The molecule has 2 heterocycles. The molecule has 2 unspecified atom stereocenters. The Bertz CT molecular complexity index is 859. The number of rotatable bonds is 4. The summed E-state index contributed by atoms with van der Waals surface area (Å²) in [6, 6.07) is 19.7. The van der Waals surface area contributed by atoms with Crippen molar-refractivity contribution in [3.63, 3.8) is 0 Å². The lowest BCUT2D eigenvalue weighted by molar-refractivity contribution is -0.130. The number of Topliss-reactive ketones (excluding diaryl/α,β-unsaturated/α-hetero) is 1. The maximum absolute atomic E-state index is 13.2. The second-order valence-corrected chi connectivity index (χ2v) is 8.08. The summed E-state index contributed by atoms with van der Waals surface area (Å²) in [6.45, 7) is 2.44. The number of nitrogens with zero attached hydrogens (tertiary/aromatic N) is 1. The van der Waals surface area contributed by atoms with Crippen LogP contribution in [0.2, 0.25) is 0 Å². The lowest BCUT2D eigenvalue weighted by atomic mass is 9.80. The molecule has 27 heavy (non-hydrogen) atoms. The van der Waals surface area contributed by atoms with Gasteiger partial charge in [-0.05, 0) is 35.6 Å². The number of benzene rings is 2. The molecule has 0 saturated carbocycles. The number of allylic oxidation sites excluding steroid dienone is 1. The van der Waals surface area contributed by atoms with Crippen LogP contribution in [0.25, 0.3) is 6.08 Å². The van der Waals surface area contributed by atoms with Gasteiger partial charge in [0.15, 0.2) is 5.78 Å². The molecule has 3 nitrogen and oxygen atoms in total. The first-order valence-electron chi connectivity index (χ1n) is 9.98. The fraction of sp³-hybridized carbons (Fsp3) is 0.375. The molecular formula is C24H25NO2. The number of hydrogen-bond acceptors (Lipinski definition) is 3. The topological polar surface area (TPSA) is 29.5 Å². The lowest BCUT2D eigenvalue weighted by Crippen LogP contribution is -2.57. The highest BCUT2D eigenvalue weighted by Gasteiger charge is 2.42. The molecule has 2 atom stereocenters. The van der Waals surface area contributed by atoms with Crippen molar-refractivity contribution in [3.8, 4) is 0 Å². The van der Waals surface area contributed by atoms with Gasteiger partial charge < -0.3 is 4.74 Å². The van der Waals surface area contributed by atoms with E-state index in [0.717, 1.165) is 44.6 Å². The average molecular weight is 359 g/mol. The number of carbonyl (C=O) groups excluding carboxylic acids is 1. The first-order valence-corrected chi connectivity index (χ1v) is 9.98. The van der Waals surface area contributed by atoms with Crippen molar-refractivity contribution in [1.82, 2.24) is 4.90 Å². The summed E-state index contributed by atoms with van der Waals surface area (Å²) < 4.78 is 5.84. The number of ether oxygens (including phenoxy) is 1. The molecule has 2 bridgehead atoms. The van der Waals surface area contributed by atoms with Gasteiger partial charge in [0.1, 0.15) is 0 Å². The summed E-state index contributed by atoms with van der Waals surface area (Å²) in [5.41, 5.74) is 4.83. The van der Waals surface area contributed by atoms with Gasteiger partial charge in [-0.15, -0.1) is 0 Å². The number of ketones is 1. The van der Waals surface area contributed by atoms with Crippen LogP contribution in [0.3, 0.4) is 0 Å². The molecule has 0 aromatic heterocycles. The maximum Gasteiger partial charge on any atom is 0.162 e. The maximum atomic E-state index is 13.2. The number of carbonyl (C=O) groups is 1. The van der Waals surface area contributed by atoms with Crippen LogP contribution >= 0.6 is 0 Å². The van der Waals surface area contributed by atoms with Gasteiger partial charge in [-0.2, -0.15) is 0 Å². The van der Waals surface area contributed by atoms with Gasteiger partial charge in [0.25, 0.3) is 0 Å². The van der Waals surface area contributed by atoms with E-state index in [0.29, 0.717) is 17.9 Å². The van der Waals surface area contributed by atoms with Crippen LogP contribution in [0.5, 0.6) is 0 Å². The van der Waals surface area contributed by atoms with Crippen LogP contribution in [0.4, 0.5) is 0 Å². The lowest BCUT2D eigenvalue weighted by Gasteiger charge is -2.48. The van der Waals surface area contributed by atoms with Crippen LogP contribution in [0.15, 0.2) is 60.2 Å². The third-order valence-corrected chi connectivity index (χ3v) is 6.33. The molecule has 0 spiro atoms. The third kappa shape index (κ3) is 3.26. The quantitative estimate of drug-likeness (QED) is 0.830. The molecule has 0 amide bonds. The van der Waals surface area contributed by atoms with E-state index in [4.69, 9.17) is 4.74 Å². The first kappa shape index (κ1) is 16.9. The van der Waals surface area contributed by atoms with Crippen molar-refractivity contribution < 1.29 is 9.53 Å². The Morgan fingerprint density at radius 1 is 0.963 bits per heavy atom. The average Bonchev–Trinajstić information content (AvgIpc) is 3.12. The second kappa shape index (κ2) is 7.06. The van der Waals surface area contributed by atoms with Crippen molar-refractivity contribution in [2.45, 2.75) is 37.9 Å². The Morgan fingerprint density at radius 3 is 2.41 bits per heavy atom.